The van der Waals surface area contributed by atoms with Crippen molar-refractivity contribution in [1.82, 2.24) is 9.62 Å². The molecule has 0 aromatic heterocycles. The molecule has 5 nitrogen and oxygen atoms in total. The summed E-state index contributed by atoms with van der Waals surface area (Å²) >= 11 is 2.18. The number of halogens is 1. The second-order valence-corrected chi connectivity index (χ2v) is 8.05. The number of rotatable bonds is 6. The molecule has 0 saturated carbocycles. The minimum atomic E-state index is -3.49. The Bertz CT molecular complexity index is 565. The highest BCUT2D eigenvalue weighted by atomic mass is 127. The molecule has 118 valence electrons. The second kappa shape index (κ2) is 7.75. The predicted octanol–water partition coefficient (Wildman–Crippen LogP) is 2.41. The molecule has 1 aromatic carbocycles. The van der Waals surface area contributed by atoms with Gasteiger partial charge in [-0.1, -0.05) is 19.4 Å². The van der Waals surface area contributed by atoms with Gasteiger partial charge in [-0.05, 0) is 60.2 Å². The fourth-order valence-electron chi connectivity index (χ4n) is 2.56. The van der Waals surface area contributed by atoms with Crippen LogP contribution in [0.5, 0.6) is 0 Å². The minimum Gasteiger partial charge on any atom is -0.315 e. The number of hydrogen-bond donors (Lipinski definition) is 2. The molecule has 1 aliphatic rings. The van der Waals surface area contributed by atoms with Gasteiger partial charge < -0.3 is 5.32 Å². The Labute approximate surface area is 140 Å². The van der Waals surface area contributed by atoms with Crippen LogP contribution < -0.4 is 10.0 Å². The Morgan fingerprint density at radius 1 is 1.38 bits per heavy atom. The molecule has 21 heavy (non-hydrogen) atoms. The summed E-state index contributed by atoms with van der Waals surface area (Å²) in [4.78, 5) is 0. The number of nitrogens with zero attached hydrogens (tertiary/aromatic N) is 1. The lowest BCUT2D eigenvalue weighted by molar-refractivity contribution is 0.248. The number of likely N-dealkylation sites (N-methyl/N-ethyl adjacent to an activating group) is 1. The third-order valence-corrected chi connectivity index (χ3v) is 5.85. The van der Waals surface area contributed by atoms with Crippen LogP contribution in [0.15, 0.2) is 24.3 Å². The first-order valence-electron chi connectivity index (χ1n) is 7.29. The maximum atomic E-state index is 12.6. The van der Waals surface area contributed by atoms with E-state index < -0.39 is 10.2 Å². The normalized spacial score (nSPS) is 20.4. The molecule has 1 unspecified atom stereocenters. The van der Waals surface area contributed by atoms with Gasteiger partial charge in [-0.2, -0.15) is 12.7 Å². The zero-order valence-corrected chi connectivity index (χ0v) is 15.2. The average molecular weight is 423 g/mol. The summed E-state index contributed by atoms with van der Waals surface area (Å²) in [5.74, 6) is 0. The lowest BCUT2D eigenvalue weighted by Gasteiger charge is -2.34. The summed E-state index contributed by atoms with van der Waals surface area (Å²) in [5.41, 5.74) is 0.620. The monoisotopic (exact) mass is 423 g/mol. The van der Waals surface area contributed by atoms with Crippen LogP contribution in [0.4, 0.5) is 5.69 Å². The summed E-state index contributed by atoms with van der Waals surface area (Å²) in [6.45, 7) is 4.19. The zero-order valence-electron chi connectivity index (χ0n) is 12.2. The van der Waals surface area contributed by atoms with E-state index in [1.165, 1.54) is 0 Å². The Morgan fingerprint density at radius 2 is 2.19 bits per heavy atom. The van der Waals surface area contributed by atoms with E-state index in [1.807, 2.05) is 25.1 Å². The Kier molecular flexibility index (Phi) is 6.27. The van der Waals surface area contributed by atoms with E-state index in [9.17, 15) is 8.42 Å². The third kappa shape index (κ3) is 4.80. The topological polar surface area (TPSA) is 61.4 Å². The van der Waals surface area contributed by atoms with Gasteiger partial charge in [0.2, 0.25) is 0 Å². The number of piperidine rings is 1. The van der Waals surface area contributed by atoms with Gasteiger partial charge in [-0.25, -0.2) is 0 Å². The van der Waals surface area contributed by atoms with Crippen molar-refractivity contribution in [1.29, 1.82) is 0 Å². The number of benzene rings is 1. The molecular weight excluding hydrogens is 401 g/mol. The van der Waals surface area contributed by atoms with Crippen LogP contribution in [0.25, 0.3) is 0 Å². The van der Waals surface area contributed by atoms with E-state index in [-0.39, 0.29) is 6.04 Å². The molecular formula is C14H22IN3O2S. The molecule has 0 spiro atoms. The molecule has 1 aromatic rings. The van der Waals surface area contributed by atoms with Crippen molar-refractivity contribution in [3.63, 3.8) is 0 Å². The molecule has 0 aliphatic carbocycles. The van der Waals surface area contributed by atoms with Crippen LogP contribution in [-0.4, -0.2) is 38.4 Å². The summed E-state index contributed by atoms with van der Waals surface area (Å²) in [6, 6.07) is 7.45. The van der Waals surface area contributed by atoms with E-state index >= 15 is 0 Å². The molecule has 1 saturated heterocycles. The van der Waals surface area contributed by atoms with Gasteiger partial charge in [0.05, 0.1) is 5.69 Å². The van der Waals surface area contributed by atoms with Crippen molar-refractivity contribution in [2.75, 3.05) is 24.4 Å². The molecule has 0 amide bonds. The van der Waals surface area contributed by atoms with E-state index in [4.69, 9.17) is 0 Å². The van der Waals surface area contributed by atoms with E-state index in [0.717, 1.165) is 29.4 Å². The molecule has 1 aliphatic heterocycles. The first kappa shape index (κ1) is 17.0. The third-order valence-electron chi connectivity index (χ3n) is 3.58. The molecule has 7 heteroatoms. The smallest absolute Gasteiger partial charge is 0.301 e. The van der Waals surface area contributed by atoms with Crippen LogP contribution >= 0.6 is 22.6 Å². The molecule has 2 rings (SSSR count). The van der Waals surface area contributed by atoms with Gasteiger partial charge in [0.25, 0.3) is 0 Å². The maximum absolute atomic E-state index is 12.6. The lowest BCUT2D eigenvalue weighted by atomic mass is 10.1. The first-order valence-corrected chi connectivity index (χ1v) is 9.80. The number of nitrogens with one attached hydrogen (secondary N) is 2. The Morgan fingerprint density at radius 3 is 2.90 bits per heavy atom. The predicted molar refractivity (Wildman–Crippen MR) is 94.6 cm³/mol. The minimum absolute atomic E-state index is 0.0407. The molecule has 1 atom stereocenters. The summed E-state index contributed by atoms with van der Waals surface area (Å²) in [6.07, 6.45) is 2.93. The van der Waals surface area contributed by atoms with Crippen molar-refractivity contribution in [3.05, 3.63) is 27.8 Å². The summed E-state index contributed by atoms with van der Waals surface area (Å²) < 4.78 is 30.6. The maximum Gasteiger partial charge on any atom is 0.301 e. The van der Waals surface area contributed by atoms with Gasteiger partial charge in [0.15, 0.2) is 0 Å². The standard InChI is InChI=1S/C14H22IN3O2S/c1-2-16-11-14-8-3-4-9-18(14)21(19,20)17-13-7-5-6-12(15)10-13/h5-7,10,14,16-17H,2-4,8-9,11H2,1H3. The van der Waals surface area contributed by atoms with Gasteiger partial charge in [0.1, 0.15) is 0 Å². The highest BCUT2D eigenvalue weighted by molar-refractivity contribution is 14.1. The fraction of sp³-hybridized carbons (Fsp3) is 0.571. The Balaban J connectivity index is 2.12. The molecule has 0 bridgehead atoms. The largest absolute Gasteiger partial charge is 0.315 e. The highest BCUT2D eigenvalue weighted by Crippen LogP contribution is 2.22. The van der Waals surface area contributed by atoms with E-state index in [1.54, 1.807) is 10.4 Å². The number of anilines is 1. The van der Waals surface area contributed by atoms with Gasteiger partial charge >= 0.3 is 10.2 Å². The zero-order chi connectivity index (χ0) is 15.3. The van der Waals surface area contributed by atoms with Crippen LogP contribution in [-0.2, 0) is 10.2 Å². The van der Waals surface area contributed by atoms with Gasteiger partial charge in [-0.3, -0.25) is 4.72 Å². The molecule has 0 radical (unpaired) electrons. The van der Waals surface area contributed by atoms with E-state index in [2.05, 4.69) is 32.6 Å². The van der Waals surface area contributed by atoms with E-state index in [0.29, 0.717) is 18.8 Å². The SMILES string of the molecule is CCNCC1CCCCN1S(=O)(=O)Nc1cccc(I)c1. The van der Waals surface area contributed by atoms with Crippen LogP contribution in [0.3, 0.4) is 0 Å². The van der Waals surface area contributed by atoms with Crippen molar-refractivity contribution >= 4 is 38.5 Å². The van der Waals surface area contributed by atoms with Crippen LogP contribution in [0.2, 0.25) is 0 Å². The van der Waals surface area contributed by atoms with Crippen molar-refractivity contribution < 1.29 is 8.42 Å². The van der Waals surface area contributed by atoms with Gasteiger partial charge in [0, 0.05) is 22.7 Å². The molecule has 1 heterocycles. The molecule has 2 N–H and O–H groups in total. The highest BCUT2D eigenvalue weighted by Gasteiger charge is 2.31. The average Bonchev–Trinajstić information content (AvgIpc) is 2.45. The van der Waals surface area contributed by atoms with Crippen molar-refractivity contribution in [2.24, 2.45) is 0 Å². The second-order valence-electron chi connectivity index (χ2n) is 5.19. The Hall–Kier alpha value is -0.380. The first-order chi connectivity index (χ1) is 10.0. The van der Waals surface area contributed by atoms with Crippen molar-refractivity contribution in [3.8, 4) is 0 Å². The van der Waals surface area contributed by atoms with Crippen LogP contribution in [0.1, 0.15) is 26.2 Å². The lowest BCUT2D eigenvalue weighted by Crippen LogP contribution is -2.50. The summed E-state index contributed by atoms with van der Waals surface area (Å²) in [7, 11) is -3.49. The number of hydrogen-bond acceptors (Lipinski definition) is 3. The van der Waals surface area contributed by atoms with Crippen molar-refractivity contribution in [2.45, 2.75) is 32.2 Å². The van der Waals surface area contributed by atoms with Crippen LogP contribution in [0, 0.1) is 3.57 Å². The fourth-order valence-corrected chi connectivity index (χ4v) is 4.59. The molecule has 1 fully saturated rings. The summed E-state index contributed by atoms with van der Waals surface area (Å²) in [5, 5.41) is 3.26. The van der Waals surface area contributed by atoms with Gasteiger partial charge in [-0.15, -0.1) is 0 Å². The quantitative estimate of drug-likeness (QED) is 0.691.